The number of carbonyl (C=O) groups is 1. The molecule has 2 N–H and O–H groups in total. The number of benzene rings is 1. The Labute approximate surface area is 257 Å². The molecule has 5 heterocycles. The van der Waals surface area contributed by atoms with Crippen molar-refractivity contribution in [3.8, 4) is 16.9 Å². The smallest absolute Gasteiger partial charge is 0.322 e. The summed E-state index contributed by atoms with van der Waals surface area (Å²) in [6.45, 7) is 11.0. The van der Waals surface area contributed by atoms with E-state index in [9.17, 15) is 19.5 Å². The number of nitrogens with one attached hydrogen (secondary N) is 1. The van der Waals surface area contributed by atoms with Crippen molar-refractivity contribution < 1.29 is 14.3 Å². The molecule has 1 saturated heterocycles. The number of amides is 1. The molecule has 1 amide bonds. The predicted molar refractivity (Wildman–Crippen MR) is 169 cm³/mol. The summed E-state index contributed by atoms with van der Waals surface area (Å²) in [4.78, 5) is 51.7. The van der Waals surface area contributed by atoms with Crippen molar-refractivity contribution in [3.05, 3.63) is 92.7 Å². The highest BCUT2D eigenvalue weighted by Crippen LogP contribution is 2.35. The minimum Gasteiger partial charge on any atom is -0.394 e. The molecule has 0 radical (unpaired) electrons. The van der Waals surface area contributed by atoms with Gasteiger partial charge < -0.3 is 10.0 Å². The van der Waals surface area contributed by atoms with E-state index >= 15 is 4.39 Å². The van der Waals surface area contributed by atoms with Gasteiger partial charge in [0.05, 0.1) is 41.3 Å². The number of halogens is 1. The standard InChI is InChI=1S/C33H34FN7O4/c1-6-26(43)39-12-10-20(13-21(39)16-42)40-25-14-23(34)29(27-18(4)7-8-24-22(27)15-36-38-24)37-31(25)41(33(45)32(40)44)30-19(5)9-11-35-28(30)17(2)3/h6-9,11,14-15,17,20-21,42H,1,10,12-13,16H2,2-5H3,(H,36,38)/t20?,21-/m0/s1. The van der Waals surface area contributed by atoms with Crippen molar-refractivity contribution in [3.63, 3.8) is 0 Å². The Morgan fingerprint density at radius 1 is 1.20 bits per heavy atom. The predicted octanol–water partition coefficient (Wildman–Crippen LogP) is 4.08. The number of likely N-dealkylation sites (tertiary alicyclic amines) is 1. The van der Waals surface area contributed by atoms with Crippen LogP contribution in [-0.2, 0) is 4.79 Å². The molecule has 1 aliphatic rings. The Hall–Kier alpha value is -4.97. The maximum absolute atomic E-state index is 16.4. The molecule has 6 rings (SSSR count). The molecule has 0 bridgehead atoms. The largest absolute Gasteiger partial charge is 0.394 e. The summed E-state index contributed by atoms with van der Waals surface area (Å²) in [5.74, 6) is -1.12. The van der Waals surface area contributed by atoms with Crippen LogP contribution in [0.25, 0.3) is 39.0 Å². The average molecular weight is 612 g/mol. The quantitative estimate of drug-likeness (QED) is 0.218. The van der Waals surface area contributed by atoms with E-state index in [1.165, 1.54) is 26.2 Å². The van der Waals surface area contributed by atoms with Crippen LogP contribution < -0.4 is 11.1 Å². The third kappa shape index (κ3) is 4.85. The van der Waals surface area contributed by atoms with E-state index in [2.05, 4.69) is 21.8 Å². The summed E-state index contributed by atoms with van der Waals surface area (Å²) in [7, 11) is 0. The molecule has 5 aromatic rings. The van der Waals surface area contributed by atoms with Crippen LogP contribution in [0, 0.1) is 19.7 Å². The SMILES string of the molecule is C=CC(=O)N1CCC(n2c(=O)c(=O)n(-c3c(C)ccnc3C(C)C)c3nc(-c4c(C)ccc5[nH]ncc45)c(F)cc32)C[C@H]1CO. The second-order valence-electron chi connectivity index (χ2n) is 11.8. The number of rotatable bonds is 6. The van der Waals surface area contributed by atoms with E-state index in [4.69, 9.17) is 4.98 Å². The first-order valence-corrected chi connectivity index (χ1v) is 14.9. The fourth-order valence-electron chi connectivity index (χ4n) is 6.53. The Kier molecular flexibility index (Phi) is 7.69. The highest BCUT2D eigenvalue weighted by atomic mass is 19.1. The molecule has 0 aliphatic carbocycles. The van der Waals surface area contributed by atoms with Crippen LogP contribution >= 0.6 is 0 Å². The lowest BCUT2D eigenvalue weighted by atomic mass is 9.96. The first-order valence-electron chi connectivity index (χ1n) is 14.9. The number of pyridine rings is 2. The number of H-pyrrole nitrogens is 1. The molecule has 0 saturated carbocycles. The number of piperidine rings is 1. The molecule has 232 valence electrons. The molecular formula is C33H34FN7O4. The van der Waals surface area contributed by atoms with Crippen molar-refractivity contribution in [2.45, 2.75) is 58.5 Å². The third-order valence-electron chi connectivity index (χ3n) is 8.73. The number of fused-ring (bicyclic) bond motifs is 2. The first-order chi connectivity index (χ1) is 21.6. The zero-order valence-corrected chi connectivity index (χ0v) is 25.5. The van der Waals surface area contributed by atoms with Gasteiger partial charge in [-0.05, 0) is 61.9 Å². The number of aromatic amines is 1. The second-order valence-corrected chi connectivity index (χ2v) is 11.8. The number of aromatic nitrogens is 6. The van der Waals surface area contributed by atoms with E-state index < -0.39 is 29.0 Å². The van der Waals surface area contributed by atoms with Gasteiger partial charge in [-0.1, -0.05) is 26.5 Å². The van der Waals surface area contributed by atoms with E-state index in [0.717, 1.165) is 5.56 Å². The summed E-state index contributed by atoms with van der Waals surface area (Å²) in [6, 6.07) is 5.46. The zero-order valence-electron chi connectivity index (χ0n) is 25.5. The second kappa shape index (κ2) is 11.5. The van der Waals surface area contributed by atoms with Gasteiger partial charge in [0.2, 0.25) is 5.91 Å². The number of hydrogen-bond acceptors (Lipinski definition) is 7. The van der Waals surface area contributed by atoms with E-state index in [0.29, 0.717) is 39.8 Å². The van der Waals surface area contributed by atoms with Crippen LogP contribution in [0.1, 0.15) is 55.5 Å². The monoisotopic (exact) mass is 611 g/mol. The van der Waals surface area contributed by atoms with Crippen LogP contribution in [0.3, 0.4) is 0 Å². The maximum Gasteiger partial charge on any atom is 0.322 e. The van der Waals surface area contributed by atoms with Gasteiger partial charge in [-0.2, -0.15) is 5.10 Å². The zero-order chi connectivity index (χ0) is 32.2. The van der Waals surface area contributed by atoms with Crippen molar-refractivity contribution in [1.82, 2.24) is 34.2 Å². The lowest BCUT2D eigenvalue weighted by Gasteiger charge is -2.39. The number of aryl methyl sites for hydroxylation is 2. The maximum atomic E-state index is 16.4. The summed E-state index contributed by atoms with van der Waals surface area (Å²) in [6.07, 6.45) is 4.91. The summed E-state index contributed by atoms with van der Waals surface area (Å²) >= 11 is 0. The first kappa shape index (κ1) is 30.1. The van der Waals surface area contributed by atoms with Crippen LogP contribution in [0.2, 0.25) is 0 Å². The molecule has 4 aromatic heterocycles. The molecule has 45 heavy (non-hydrogen) atoms. The minimum absolute atomic E-state index is 0.0117. The highest BCUT2D eigenvalue weighted by Gasteiger charge is 2.34. The molecule has 1 aliphatic heterocycles. The van der Waals surface area contributed by atoms with Gasteiger partial charge in [0.15, 0.2) is 11.5 Å². The fraction of sp³-hybridized carbons (Fsp3) is 0.333. The lowest BCUT2D eigenvalue weighted by molar-refractivity contribution is -0.131. The van der Waals surface area contributed by atoms with Crippen molar-refractivity contribution >= 4 is 28.0 Å². The number of carbonyl (C=O) groups excluding carboxylic acids is 1. The van der Waals surface area contributed by atoms with Crippen LogP contribution in [0.15, 0.2) is 58.9 Å². The van der Waals surface area contributed by atoms with Gasteiger partial charge >= 0.3 is 11.1 Å². The fourth-order valence-corrected chi connectivity index (χ4v) is 6.53. The third-order valence-corrected chi connectivity index (χ3v) is 8.73. The van der Waals surface area contributed by atoms with E-state index in [1.807, 2.05) is 39.8 Å². The van der Waals surface area contributed by atoms with Crippen molar-refractivity contribution in [2.75, 3.05) is 13.2 Å². The molecule has 11 nitrogen and oxygen atoms in total. The van der Waals surface area contributed by atoms with Crippen LogP contribution in [0.4, 0.5) is 4.39 Å². The summed E-state index contributed by atoms with van der Waals surface area (Å²) < 4.78 is 18.9. The van der Waals surface area contributed by atoms with Crippen LogP contribution in [-0.4, -0.2) is 64.4 Å². The number of nitrogens with zero attached hydrogens (tertiary/aromatic N) is 6. The number of aliphatic hydroxyl groups is 1. The Morgan fingerprint density at radius 2 is 1.98 bits per heavy atom. The van der Waals surface area contributed by atoms with Gasteiger partial charge in [0, 0.05) is 35.8 Å². The van der Waals surface area contributed by atoms with Gasteiger partial charge in [0.25, 0.3) is 0 Å². The van der Waals surface area contributed by atoms with Gasteiger partial charge in [-0.3, -0.25) is 33.6 Å². The topological polar surface area (TPSA) is 139 Å². The minimum atomic E-state index is -0.854. The summed E-state index contributed by atoms with van der Waals surface area (Å²) in [5, 5.41) is 17.8. The molecule has 1 unspecified atom stereocenters. The van der Waals surface area contributed by atoms with Gasteiger partial charge in [-0.25, -0.2) is 9.37 Å². The average Bonchev–Trinajstić information content (AvgIpc) is 3.50. The van der Waals surface area contributed by atoms with Crippen LogP contribution in [0.5, 0.6) is 0 Å². The molecule has 2 atom stereocenters. The highest BCUT2D eigenvalue weighted by molar-refractivity contribution is 5.96. The molecular weight excluding hydrogens is 577 g/mol. The molecule has 1 fully saturated rings. The van der Waals surface area contributed by atoms with Crippen molar-refractivity contribution in [1.29, 1.82) is 0 Å². The van der Waals surface area contributed by atoms with Crippen molar-refractivity contribution in [2.24, 2.45) is 0 Å². The molecule has 12 heteroatoms. The normalized spacial score (nSPS) is 17.0. The molecule has 1 aromatic carbocycles. The summed E-state index contributed by atoms with van der Waals surface area (Å²) in [5.41, 5.74) is 2.21. The Morgan fingerprint density at radius 3 is 2.69 bits per heavy atom. The van der Waals surface area contributed by atoms with Gasteiger partial charge in [-0.15, -0.1) is 0 Å². The van der Waals surface area contributed by atoms with Gasteiger partial charge in [0.1, 0.15) is 5.69 Å². The number of hydrogen-bond donors (Lipinski definition) is 2. The Bertz CT molecular complexity index is 2110. The molecule has 0 spiro atoms. The Balaban J connectivity index is 1.70. The number of aliphatic hydroxyl groups excluding tert-OH is 1. The van der Waals surface area contributed by atoms with E-state index in [-0.39, 0.29) is 48.3 Å². The lowest BCUT2D eigenvalue weighted by Crippen LogP contribution is -2.50. The van der Waals surface area contributed by atoms with E-state index in [1.54, 1.807) is 18.5 Å².